The molecule has 0 radical (unpaired) electrons. The molecule has 0 saturated carbocycles. The first kappa shape index (κ1) is 21.0. The van der Waals surface area contributed by atoms with E-state index >= 15 is 0 Å². The number of hydrogen-bond donors (Lipinski definition) is 3. The number of aryl methyl sites for hydroxylation is 3. The number of amides is 1. The van der Waals surface area contributed by atoms with Gasteiger partial charge in [0, 0.05) is 36.4 Å². The fourth-order valence-corrected chi connectivity index (χ4v) is 3.34. The number of aromatic nitrogens is 5. The van der Waals surface area contributed by atoms with Crippen LogP contribution >= 0.6 is 0 Å². The molecule has 0 atom stereocenters. The lowest BCUT2D eigenvalue weighted by molar-refractivity contribution is 0.102. The predicted octanol–water partition coefficient (Wildman–Crippen LogP) is 4.27. The standard InChI is InChI=1S/C23H24N8O/c1-14-22(15(2)31(4)30-14)23(32)28-18-10-8-17(9-11-18)27-20-13-21(26-16(3)25-20)29-19-7-5-6-12-24-19/h5-13H,1-4H3,(H,28,32)(H2,24,25,26,27,29). The fraction of sp³-hybridized carbons (Fsp3) is 0.174. The molecular formula is C23H24N8O. The van der Waals surface area contributed by atoms with Crippen LogP contribution in [-0.2, 0) is 7.05 Å². The molecule has 9 nitrogen and oxygen atoms in total. The largest absolute Gasteiger partial charge is 0.340 e. The molecule has 0 aliphatic heterocycles. The highest BCUT2D eigenvalue weighted by molar-refractivity contribution is 6.05. The summed E-state index contributed by atoms with van der Waals surface area (Å²) in [5.41, 5.74) is 3.65. The van der Waals surface area contributed by atoms with Gasteiger partial charge in [-0.2, -0.15) is 5.10 Å². The summed E-state index contributed by atoms with van der Waals surface area (Å²) in [6.07, 6.45) is 1.72. The zero-order chi connectivity index (χ0) is 22.7. The van der Waals surface area contributed by atoms with Crippen LogP contribution in [0.4, 0.5) is 28.8 Å². The number of carbonyl (C=O) groups is 1. The van der Waals surface area contributed by atoms with Gasteiger partial charge < -0.3 is 16.0 Å². The molecule has 0 saturated heterocycles. The van der Waals surface area contributed by atoms with Crippen molar-refractivity contribution in [2.45, 2.75) is 20.8 Å². The summed E-state index contributed by atoms with van der Waals surface area (Å²) in [4.78, 5) is 25.8. The Morgan fingerprint density at radius 2 is 1.56 bits per heavy atom. The van der Waals surface area contributed by atoms with Crippen molar-refractivity contribution >= 4 is 34.7 Å². The molecule has 0 bridgehead atoms. The van der Waals surface area contributed by atoms with Crippen molar-refractivity contribution in [2.24, 2.45) is 7.05 Å². The number of rotatable bonds is 6. The summed E-state index contributed by atoms with van der Waals surface area (Å²) in [6, 6.07) is 14.9. The van der Waals surface area contributed by atoms with Crippen molar-refractivity contribution in [1.29, 1.82) is 0 Å². The molecule has 3 heterocycles. The third-order valence-electron chi connectivity index (χ3n) is 4.91. The Morgan fingerprint density at radius 3 is 2.19 bits per heavy atom. The van der Waals surface area contributed by atoms with E-state index in [1.807, 2.05) is 76.3 Å². The second kappa shape index (κ2) is 8.84. The highest BCUT2D eigenvalue weighted by Gasteiger charge is 2.17. The monoisotopic (exact) mass is 428 g/mol. The van der Waals surface area contributed by atoms with E-state index in [0.717, 1.165) is 11.4 Å². The number of anilines is 5. The Balaban J connectivity index is 1.45. The van der Waals surface area contributed by atoms with Gasteiger partial charge in [0.25, 0.3) is 5.91 Å². The number of nitrogens with zero attached hydrogens (tertiary/aromatic N) is 5. The van der Waals surface area contributed by atoms with Crippen LogP contribution in [0.25, 0.3) is 0 Å². The summed E-state index contributed by atoms with van der Waals surface area (Å²) in [6.45, 7) is 5.54. The first-order chi connectivity index (χ1) is 15.4. The highest BCUT2D eigenvalue weighted by Crippen LogP contribution is 2.22. The molecule has 3 N–H and O–H groups in total. The van der Waals surface area contributed by atoms with Crippen LogP contribution in [-0.4, -0.2) is 30.6 Å². The molecule has 0 unspecified atom stereocenters. The van der Waals surface area contributed by atoms with Crippen molar-refractivity contribution < 1.29 is 4.79 Å². The fourth-order valence-electron chi connectivity index (χ4n) is 3.34. The molecule has 9 heteroatoms. The number of nitrogens with one attached hydrogen (secondary N) is 3. The maximum atomic E-state index is 12.7. The second-order valence-electron chi connectivity index (χ2n) is 7.35. The summed E-state index contributed by atoms with van der Waals surface area (Å²) < 4.78 is 1.71. The van der Waals surface area contributed by atoms with Crippen LogP contribution < -0.4 is 16.0 Å². The Labute approximate surface area is 186 Å². The molecule has 4 aromatic rings. The lowest BCUT2D eigenvalue weighted by Gasteiger charge is -2.11. The van der Waals surface area contributed by atoms with Gasteiger partial charge in [0.2, 0.25) is 0 Å². The Bertz CT molecular complexity index is 1250. The third-order valence-corrected chi connectivity index (χ3v) is 4.91. The second-order valence-corrected chi connectivity index (χ2v) is 7.35. The van der Waals surface area contributed by atoms with E-state index in [2.05, 4.69) is 36.0 Å². The average molecular weight is 429 g/mol. The van der Waals surface area contributed by atoms with Crippen molar-refractivity contribution in [3.63, 3.8) is 0 Å². The molecule has 0 fully saturated rings. The first-order valence-corrected chi connectivity index (χ1v) is 10.1. The molecule has 4 rings (SSSR count). The van der Waals surface area contributed by atoms with Gasteiger partial charge >= 0.3 is 0 Å². The number of pyridine rings is 1. The van der Waals surface area contributed by atoms with Gasteiger partial charge in [-0.25, -0.2) is 15.0 Å². The van der Waals surface area contributed by atoms with E-state index in [1.165, 1.54) is 0 Å². The highest BCUT2D eigenvalue weighted by atomic mass is 16.1. The zero-order valence-electron chi connectivity index (χ0n) is 18.3. The van der Waals surface area contributed by atoms with E-state index < -0.39 is 0 Å². The SMILES string of the molecule is Cc1nc(Nc2ccc(NC(=O)c3c(C)nn(C)c3C)cc2)cc(Nc2ccccn2)n1. The van der Waals surface area contributed by atoms with Crippen LogP contribution in [0.1, 0.15) is 27.6 Å². The molecule has 0 aliphatic carbocycles. The minimum atomic E-state index is -0.175. The Morgan fingerprint density at radius 1 is 0.875 bits per heavy atom. The van der Waals surface area contributed by atoms with E-state index in [1.54, 1.807) is 10.9 Å². The summed E-state index contributed by atoms with van der Waals surface area (Å²) in [5, 5.41) is 13.7. The lowest BCUT2D eigenvalue weighted by atomic mass is 10.1. The van der Waals surface area contributed by atoms with Gasteiger partial charge in [-0.3, -0.25) is 9.48 Å². The van der Waals surface area contributed by atoms with Gasteiger partial charge in [0.05, 0.1) is 11.3 Å². The maximum Gasteiger partial charge on any atom is 0.259 e. The van der Waals surface area contributed by atoms with Crippen LogP contribution in [0.5, 0.6) is 0 Å². The Kier molecular flexibility index (Phi) is 5.80. The lowest BCUT2D eigenvalue weighted by Crippen LogP contribution is -2.14. The van der Waals surface area contributed by atoms with Crippen molar-refractivity contribution in [3.05, 3.63) is 77.5 Å². The van der Waals surface area contributed by atoms with Crippen molar-refractivity contribution in [2.75, 3.05) is 16.0 Å². The van der Waals surface area contributed by atoms with Gasteiger partial charge in [-0.15, -0.1) is 0 Å². The van der Waals surface area contributed by atoms with E-state index in [-0.39, 0.29) is 5.91 Å². The minimum absolute atomic E-state index is 0.175. The molecular weight excluding hydrogens is 404 g/mol. The normalized spacial score (nSPS) is 10.6. The molecule has 162 valence electrons. The topological polar surface area (TPSA) is 110 Å². The smallest absolute Gasteiger partial charge is 0.259 e. The van der Waals surface area contributed by atoms with Gasteiger partial charge in [-0.05, 0) is 57.2 Å². The summed E-state index contributed by atoms with van der Waals surface area (Å²) >= 11 is 0. The van der Waals surface area contributed by atoms with Crippen LogP contribution in [0.2, 0.25) is 0 Å². The molecule has 3 aromatic heterocycles. The quantitative estimate of drug-likeness (QED) is 0.421. The van der Waals surface area contributed by atoms with Crippen LogP contribution in [0.15, 0.2) is 54.7 Å². The predicted molar refractivity (Wildman–Crippen MR) is 125 cm³/mol. The van der Waals surface area contributed by atoms with Crippen LogP contribution in [0, 0.1) is 20.8 Å². The Hall–Kier alpha value is -4.27. The number of benzene rings is 1. The van der Waals surface area contributed by atoms with Crippen molar-refractivity contribution in [3.8, 4) is 0 Å². The van der Waals surface area contributed by atoms with Crippen LogP contribution in [0.3, 0.4) is 0 Å². The third kappa shape index (κ3) is 4.72. The summed E-state index contributed by atoms with van der Waals surface area (Å²) in [7, 11) is 1.83. The van der Waals surface area contributed by atoms with E-state index in [4.69, 9.17) is 0 Å². The van der Waals surface area contributed by atoms with Gasteiger partial charge in [-0.1, -0.05) is 6.07 Å². The van der Waals surface area contributed by atoms with E-state index in [0.29, 0.717) is 40.2 Å². The van der Waals surface area contributed by atoms with Crippen molar-refractivity contribution in [1.82, 2.24) is 24.7 Å². The van der Waals surface area contributed by atoms with Gasteiger partial charge in [0.1, 0.15) is 23.3 Å². The number of carbonyl (C=O) groups excluding carboxylic acids is 1. The molecule has 1 amide bonds. The molecule has 0 aliphatic rings. The van der Waals surface area contributed by atoms with Gasteiger partial charge in [0.15, 0.2) is 0 Å². The first-order valence-electron chi connectivity index (χ1n) is 10.1. The molecule has 0 spiro atoms. The van der Waals surface area contributed by atoms with E-state index in [9.17, 15) is 4.79 Å². The molecule has 32 heavy (non-hydrogen) atoms. The molecule has 1 aromatic carbocycles. The maximum absolute atomic E-state index is 12.7. The minimum Gasteiger partial charge on any atom is -0.340 e. The number of hydrogen-bond acceptors (Lipinski definition) is 7. The summed E-state index contributed by atoms with van der Waals surface area (Å²) in [5.74, 6) is 2.44. The average Bonchev–Trinajstić information content (AvgIpc) is 3.01. The zero-order valence-corrected chi connectivity index (χ0v) is 18.3.